The minimum atomic E-state index is -0.212. The SMILES string of the molecule is Cc1c(C#N)c2nc3ccccc3n2c(=O)c1=CNc1cccc(Nc2ccccc2)c1. The zero-order valence-corrected chi connectivity index (χ0v) is 17.3. The van der Waals surface area contributed by atoms with Gasteiger partial charge in [-0.25, -0.2) is 4.98 Å². The number of anilines is 3. The molecule has 0 aliphatic heterocycles. The van der Waals surface area contributed by atoms with Gasteiger partial charge in [0.05, 0.1) is 21.8 Å². The number of hydrogen-bond acceptors (Lipinski definition) is 5. The molecule has 5 aromatic rings. The molecule has 0 aliphatic carbocycles. The first-order valence-corrected chi connectivity index (χ1v) is 10.2. The third-order valence-corrected chi connectivity index (χ3v) is 5.42. The molecule has 0 amide bonds. The van der Waals surface area contributed by atoms with E-state index in [1.165, 1.54) is 4.40 Å². The van der Waals surface area contributed by atoms with Crippen LogP contribution < -0.4 is 21.4 Å². The van der Waals surface area contributed by atoms with Crippen molar-refractivity contribution < 1.29 is 0 Å². The van der Waals surface area contributed by atoms with Crippen molar-refractivity contribution in [2.45, 2.75) is 6.92 Å². The molecule has 6 heteroatoms. The highest BCUT2D eigenvalue weighted by molar-refractivity contribution is 5.82. The number of pyridine rings is 1. The van der Waals surface area contributed by atoms with Crippen LogP contribution in [0.4, 0.5) is 17.1 Å². The van der Waals surface area contributed by atoms with Crippen molar-refractivity contribution in [2.24, 2.45) is 0 Å². The first-order valence-electron chi connectivity index (χ1n) is 10.2. The van der Waals surface area contributed by atoms with Gasteiger partial charge in [-0.05, 0) is 55.0 Å². The quantitative estimate of drug-likeness (QED) is 0.455. The van der Waals surface area contributed by atoms with Crippen molar-refractivity contribution in [3.8, 4) is 6.07 Å². The van der Waals surface area contributed by atoms with E-state index in [4.69, 9.17) is 0 Å². The predicted molar refractivity (Wildman–Crippen MR) is 128 cm³/mol. The lowest BCUT2D eigenvalue weighted by Crippen LogP contribution is -2.34. The molecule has 5 rings (SSSR count). The van der Waals surface area contributed by atoms with Crippen molar-refractivity contribution in [1.29, 1.82) is 5.26 Å². The second kappa shape index (κ2) is 7.89. The standard InChI is InChI=1S/C26H19N5O/c1-17-21(15-27)25-30-23-12-5-6-13-24(23)31(25)26(32)22(17)16-28-19-10-7-11-20(14-19)29-18-8-3-2-4-9-18/h2-14,16,28-29H,1H3. The van der Waals surface area contributed by atoms with E-state index in [9.17, 15) is 10.1 Å². The lowest BCUT2D eigenvalue weighted by molar-refractivity contribution is 1.10. The zero-order valence-electron chi connectivity index (χ0n) is 17.3. The Bertz CT molecular complexity index is 1610. The lowest BCUT2D eigenvalue weighted by Gasteiger charge is -2.09. The summed E-state index contributed by atoms with van der Waals surface area (Å²) in [7, 11) is 0. The minimum Gasteiger partial charge on any atom is -0.361 e. The molecule has 0 bridgehead atoms. The molecule has 0 unspecified atom stereocenters. The van der Waals surface area contributed by atoms with Crippen molar-refractivity contribution in [1.82, 2.24) is 9.38 Å². The van der Waals surface area contributed by atoms with E-state index in [2.05, 4.69) is 21.7 Å². The summed E-state index contributed by atoms with van der Waals surface area (Å²) in [5.41, 5.74) is 5.28. The smallest absolute Gasteiger partial charge is 0.265 e. The van der Waals surface area contributed by atoms with Crippen LogP contribution in [0.15, 0.2) is 83.7 Å². The Morgan fingerprint density at radius 1 is 0.938 bits per heavy atom. The Morgan fingerprint density at radius 2 is 1.66 bits per heavy atom. The molecule has 154 valence electrons. The topological polar surface area (TPSA) is 82.2 Å². The highest BCUT2D eigenvalue weighted by Gasteiger charge is 2.15. The van der Waals surface area contributed by atoms with Crippen LogP contribution in [0.5, 0.6) is 0 Å². The number of fused-ring (bicyclic) bond motifs is 3. The third kappa shape index (κ3) is 3.32. The van der Waals surface area contributed by atoms with Crippen LogP contribution in [0.2, 0.25) is 0 Å². The molecule has 0 saturated carbocycles. The van der Waals surface area contributed by atoms with Crippen LogP contribution in [0.25, 0.3) is 22.9 Å². The second-order valence-corrected chi connectivity index (χ2v) is 7.45. The van der Waals surface area contributed by atoms with Crippen LogP contribution in [-0.2, 0) is 0 Å². The molecule has 0 spiro atoms. The molecular formula is C26H19N5O. The summed E-state index contributed by atoms with van der Waals surface area (Å²) in [5, 5.41) is 16.8. The van der Waals surface area contributed by atoms with Gasteiger partial charge in [-0.1, -0.05) is 36.4 Å². The van der Waals surface area contributed by atoms with E-state index < -0.39 is 0 Å². The number of aromatic nitrogens is 2. The summed E-state index contributed by atoms with van der Waals surface area (Å²) in [6.07, 6.45) is 1.66. The average Bonchev–Trinajstić information content (AvgIpc) is 3.20. The summed E-state index contributed by atoms with van der Waals surface area (Å²) in [5.74, 6) is 0. The highest BCUT2D eigenvalue weighted by atomic mass is 16.1. The molecule has 32 heavy (non-hydrogen) atoms. The van der Waals surface area contributed by atoms with Gasteiger partial charge in [0.25, 0.3) is 5.56 Å². The number of hydrogen-bond donors (Lipinski definition) is 2. The van der Waals surface area contributed by atoms with E-state index >= 15 is 0 Å². The maximum Gasteiger partial charge on any atom is 0.265 e. The molecule has 0 fully saturated rings. The molecule has 2 heterocycles. The van der Waals surface area contributed by atoms with Crippen molar-refractivity contribution in [2.75, 3.05) is 10.6 Å². The maximum atomic E-state index is 13.4. The van der Waals surface area contributed by atoms with Gasteiger partial charge in [0, 0.05) is 23.3 Å². The number of nitrogens with one attached hydrogen (secondary N) is 2. The average molecular weight is 417 g/mol. The van der Waals surface area contributed by atoms with E-state index in [-0.39, 0.29) is 5.56 Å². The summed E-state index contributed by atoms with van der Waals surface area (Å²) in [4.78, 5) is 17.9. The van der Waals surface area contributed by atoms with E-state index in [1.807, 2.05) is 78.9 Å². The molecule has 2 aromatic heterocycles. The summed E-state index contributed by atoms with van der Waals surface area (Å²) >= 11 is 0. The van der Waals surface area contributed by atoms with Gasteiger partial charge in [-0.3, -0.25) is 9.20 Å². The number of rotatable bonds is 4. The van der Waals surface area contributed by atoms with Gasteiger partial charge in [-0.2, -0.15) is 5.26 Å². The largest absolute Gasteiger partial charge is 0.361 e. The Morgan fingerprint density at radius 3 is 2.47 bits per heavy atom. The Hall–Kier alpha value is -4.63. The van der Waals surface area contributed by atoms with Crippen LogP contribution in [-0.4, -0.2) is 9.38 Å². The van der Waals surface area contributed by atoms with Gasteiger partial charge < -0.3 is 10.6 Å². The first kappa shape index (κ1) is 19.3. The fourth-order valence-corrected chi connectivity index (χ4v) is 3.82. The molecule has 0 saturated heterocycles. The molecular weight excluding hydrogens is 398 g/mol. The Kier molecular flexibility index (Phi) is 4.77. The number of para-hydroxylation sites is 3. The van der Waals surface area contributed by atoms with Crippen LogP contribution >= 0.6 is 0 Å². The zero-order chi connectivity index (χ0) is 22.1. The molecule has 0 aliphatic rings. The van der Waals surface area contributed by atoms with Gasteiger partial charge in [0.1, 0.15) is 6.07 Å². The van der Waals surface area contributed by atoms with Gasteiger partial charge in [-0.15, -0.1) is 0 Å². The van der Waals surface area contributed by atoms with E-state index in [0.717, 1.165) is 17.1 Å². The Balaban J connectivity index is 1.59. The lowest BCUT2D eigenvalue weighted by atomic mass is 10.1. The van der Waals surface area contributed by atoms with E-state index in [0.29, 0.717) is 33.0 Å². The molecule has 6 nitrogen and oxygen atoms in total. The first-order chi connectivity index (χ1) is 15.7. The minimum absolute atomic E-state index is 0.212. The van der Waals surface area contributed by atoms with Crippen LogP contribution in [0, 0.1) is 18.3 Å². The fraction of sp³-hybridized carbons (Fsp3) is 0.0385. The number of imidazole rings is 1. The van der Waals surface area contributed by atoms with Crippen molar-refractivity contribution in [3.05, 3.63) is 106 Å². The van der Waals surface area contributed by atoms with Crippen molar-refractivity contribution in [3.63, 3.8) is 0 Å². The summed E-state index contributed by atoms with van der Waals surface area (Å²) in [6, 6.07) is 27.3. The van der Waals surface area contributed by atoms with Crippen molar-refractivity contribution >= 4 is 39.9 Å². The fourth-order valence-electron chi connectivity index (χ4n) is 3.82. The predicted octanol–water partition coefficient (Wildman–Crippen LogP) is 4.34. The number of benzene rings is 3. The number of nitriles is 1. The van der Waals surface area contributed by atoms with Crippen LogP contribution in [0.1, 0.15) is 11.1 Å². The van der Waals surface area contributed by atoms with Gasteiger partial charge in [0.2, 0.25) is 0 Å². The van der Waals surface area contributed by atoms with Gasteiger partial charge >= 0.3 is 0 Å². The summed E-state index contributed by atoms with van der Waals surface area (Å²) < 4.78 is 1.52. The van der Waals surface area contributed by atoms with E-state index in [1.54, 1.807) is 13.1 Å². The summed E-state index contributed by atoms with van der Waals surface area (Å²) in [6.45, 7) is 1.78. The maximum absolute atomic E-state index is 13.4. The normalized spacial score (nSPS) is 11.6. The Labute approximate surface area is 184 Å². The molecule has 0 atom stereocenters. The molecule has 3 aromatic carbocycles. The number of nitrogens with zero attached hydrogens (tertiary/aromatic N) is 3. The second-order valence-electron chi connectivity index (χ2n) is 7.45. The highest BCUT2D eigenvalue weighted by Crippen LogP contribution is 2.20. The van der Waals surface area contributed by atoms with Crippen LogP contribution in [0.3, 0.4) is 0 Å². The monoisotopic (exact) mass is 417 g/mol. The van der Waals surface area contributed by atoms with Gasteiger partial charge in [0.15, 0.2) is 5.65 Å². The molecule has 0 radical (unpaired) electrons. The molecule has 2 N–H and O–H groups in total. The third-order valence-electron chi connectivity index (χ3n) is 5.42.